The summed E-state index contributed by atoms with van der Waals surface area (Å²) in [5.74, 6) is 0.572. The largest absolute Gasteiger partial charge is 0.503 e. The molecule has 0 fully saturated rings. The van der Waals surface area contributed by atoms with Crippen LogP contribution in [0, 0.1) is 10.8 Å². The quantitative estimate of drug-likeness (QED) is 0.657. The standard InChI is InChI=1S/2C9H14O.CH2O3/c2*1-7-4-8(10)6-9(2,3)5-7;2-1(3)4/h2*4H,5-6H2,1-3H3;(H2,2,3,4). The van der Waals surface area contributed by atoms with Crippen LogP contribution in [-0.4, -0.2) is 27.9 Å². The van der Waals surface area contributed by atoms with Crippen molar-refractivity contribution in [2.24, 2.45) is 10.8 Å². The SMILES string of the molecule is CC1=CC(=O)CC(C)(C)C1.CC1=CC(=O)CC(C)(C)C1.O=C(O)O. The van der Waals surface area contributed by atoms with Crippen LogP contribution >= 0.6 is 0 Å². The zero-order valence-corrected chi connectivity index (χ0v) is 15.6. The highest BCUT2D eigenvalue weighted by molar-refractivity contribution is 5.92. The van der Waals surface area contributed by atoms with Crippen LogP contribution in [0.3, 0.4) is 0 Å². The summed E-state index contributed by atoms with van der Waals surface area (Å²) in [6, 6.07) is 0. The van der Waals surface area contributed by atoms with Gasteiger partial charge in [0.1, 0.15) is 0 Å². The zero-order valence-electron chi connectivity index (χ0n) is 15.6. The van der Waals surface area contributed by atoms with E-state index in [2.05, 4.69) is 27.7 Å². The highest BCUT2D eigenvalue weighted by atomic mass is 16.6. The lowest BCUT2D eigenvalue weighted by molar-refractivity contribution is -0.117. The maximum Gasteiger partial charge on any atom is 0.503 e. The van der Waals surface area contributed by atoms with Gasteiger partial charge in [-0.1, -0.05) is 38.8 Å². The van der Waals surface area contributed by atoms with E-state index in [0.29, 0.717) is 12.8 Å². The molecule has 2 N–H and O–H groups in total. The Hall–Kier alpha value is -1.91. The summed E-state index contributed by atoms with van der Waals surface area (Å²) in [5.41, 5.74) is 2.86. The van der Waals surface area contributed by atoms with Gasteiger partial charge in [-0.15, -0.1) is 0 Å². The van der Waals surface area contributed by atoms with Gasteiger partial charge in [-0.05, 0) is 49.7 Å². The summed E-state index contributed by atoms with van der Waals surface area (Å²) in [4.78, 5) is 30.6. The Morgan fingerprint density at radius 1 is 0.792 bits per heavy atom. The van der Waals surface area contributed by atoms with Crippen LogP contribution in [0.1, 0.15) is 67.2 Å². The van der Waals surface area contributed by atoms with Crippen molar-refractivity contribution in [2.45, 2.75) is 67.2 Å². The van der Waals surface area contributed by atoms with E-state index in [1.807, 2.05) is 13.8 Å². The second-order valence-corrected chi connectivity index (χ2v) is 8.23. The number of carboxylic acid groups (broad SMARTS) is 2. The van der Waals surface area contributed by atoms with Gasteiger partial charge in [0, 0.05) is 12.8 Å². The van der Waals surface area contributed by atoms with E-state index in [1.165, 1.54) is 11.1 Å². The van der Waals surface area contributed by atoms with Crippen LogP contribution in [0.2, 0.25) is 0 Å². The van der Waals surface area contributed by atoms with Gasteiger partial charge < -0.3 is 10.2 Å². The third-order valence-electron chi connectivity index (χ3n) is 3.64. The van der Waals surface area contributed by atoms with E-state index in [0.717, 1.165) is 12.8 Å². The van der Waals surface area contributed by atoms with Crippen molar-refractivity contribution in [3.8, 4) is 0 Å². The summed E-state index contributed by atoms with van der Waals surface area (Å²) in [6.07, 6.45) is 5.27. The highest BCUT2D eigenvalue weighted by Crippen LogP contribution is 2.33. The first-order valence-electron chi connectivity index (χ1n) is 8.04. The van der Waals surface area contributed by atoms with Gasteiger partial charge in [0.15, 0.2) is 11.6 Å². The Bertz CT molecular complexity index is 502. The van der Waals surface area contributed by atoms with Crippen LogP contribution < -0.4 is 0 Å². The summed E-state index contributed by atoms with van der Waals surface area (Å²) in [6.45, 7) is 12.6. The molecule has 0 saturated carbocycles. The van der Waals surface area contributed by atoms with Crippen molar-refractivity contribution < 1.29 is 24.6 Å². The molecule has 136 valence electrons. The first kappa shape index (κ1) is 22.1. The van der Waals surface area contributed by atoms with E-state index in [9.17, 15) is 9.59 Å². The molecule has 2 aliphatic rings. The summed E-state index contributed by atoms with van der Waals surface area (Å²) in [7, 11) is 0. The molecular weight excluding hydrogens is 308 g/mol. The molecule has 0 spiro atoms. The van der Waals surface area contributed by atoms with Crippen molar-refractivity contribution in [1.29, 1.82) is 0 Å². The summed E-state index contributed by atoms with van der Waals surface area (Å²) < 4.78 is 0. The second kappa shape index (κ2) is 8.81. The number of allylic oxidation sites excluding steroid dienone is 4. The third-order valence-corrected chi connectivity index (χ3v) is 3.64. The first-order chi connectivity index (χ1) is 10.7. The first-order valence-corrected chi connectivity index (χ1v) is 8.04. The molecule has 2 rings (SSSR count). The van der Waals surface area contributed by atoms with Crippen molar-refractivity contribution in [1.82, 2.24) is 0 Å². The van der Waals surface area contributed by atoms with Crippen LogP contribution in [0.15, 0.2) is 23.3 Å². The number of carbonyl (C=O) groups is 3. The number of rotatable bonds is 0. The monoisotopic (exact) mass is 338 g/mol. The molecule has 0 radical (unpaired) electrons. The van der Waals surface area contributed by atoms with Gasteiger partial charge in [-0.2, -0.15) is 0 Å². The molecule has 0 aromatic heterocycles. The molecule has 0 amide bonds. The minimum Gasteiger partial charge on any atom is -0.450 e. The highest BCUT2D eigenvalue weighted by Gasteiger charge is 2.26. The van der Waals surface area contributed by atoms with Gasteiger partial charge in [0.25, 0.3) is 0 Å². The van der Waals surface area contributed by atoms with Gasteiger partial charge in [0.05, 0.1) is 0 Å². The molecule has 0 aliphatic heterocycles. The van der Waals surface area contributed by atoms with Gasteiger partial charge >= 0.3 is 6.16 Å². The minimum absolute atomic E-state index is 0.204. The molecule has 0 heterocycles. The molecule has 5 nitrogen and oxygen atoms in total. The van der Waals surface area contributed by atoms with Crippen LogP contribution in [0.5, 0.6) is 0 Å². The Kier molecular flexibility index (Phi) is 8.11. The maximum atomic E-state index is 11.0. The molecule has 0 unspecified atom stereocenters. The lowest BCUT2D eigenvalue weighted by Gasteiger charge is -2.27. The summed E-state index contributed by atoms with van der Waals surface area (Å²) >= 11 is 0. The van der Waals surface area contributed by atoms with Crippen LogP contribution in [0.25, 0.3) is 0 Å². The van der Waals surface area contributed by atoms with Crippen molar-refractivity contribution >= 4 is 17.7 Å². The maximum absolute atomic E-state index is 11.0. The molecule has 0 atom stereocenters. The Labute approximate surface area is 144 Å². The average Bonchev–Trinajstić information content (AvgIpc) is 2.20. The number of ketones is 2. The van der Waals surface area contributed by atoms with E-state index in [1.54, 1.807) is 12.2 Å². The normalized spacial score (nSPS) is 21.2. The topological polar surface area (TPSA) is 91.7 Å². The lowest BCUT2D eigenvalue weighted by atomic mass is 9.77. The number of carbonyl (C=O) groups excluding carboxylic acids is 2. The predicted molar refractivity (Wildman–Crippen MR) is 94.2 cm³/mol. The fraction of sp³-hybridized carbons (Fsp3) is 0.632. The molecule has 0 aromatic rings. The van der Waals surface area contributed by atoms with E-state index < -0.39 is 6.16 Å². The number of hydrogen-bond acceptors (Lipinski definition) is 3. The Morgan fingerprint density at radius 3 is 1.21 bits per heavy atom. The van der Waals surface area contributed by atoms with Gasteiger partial charge in [-0.3, -0.25) is 9.59 Å². The lowest BCUT2D eigenvalue weighted by Crippen LogP contribution is -2.20. The predicted octanol–water partition coefficient (Wildman–Crippen LogP) is 4.87. The van der Waals surface area contributed by atoms with E-state index in [4.69, 9.17) is 15.0 Å². The molecule has 24 heavy (non-hydrogen) atoms. The van der Waals surface area contributed by atoms with Crippen LogP contribution in [-0.2, 0) is 9.59 Å². The summed E-state index contributed by atoms with van der Waals surface area (Å²) in [5, 5.41) is 13.9. The fourth-order valence-electron chi connectivity index (χ4n) is 3.33. The molecule has 2 aliphatic carbocycles. The van der Waals surface area contributed by atoms with Crippen molar-refractivity contribution in [3.63, 3.8) is 0 Å². The molecule has 0 bridgehead atoms. The van der Waals surface area contributed by atoms with E-state index >= 15 is 0 Å². The van der Waals surface area contributed by atoms with E-state index in [-0.39, 0.29) is 22.4 Å². The van der Waals surface area contributed by atoms with Gasteiger partial charge in [0.2, 0.25) is 0 Å². The van der Waals surface area contributed by atoms with Crippen molar-refractivity contribution in [3.05, 3.63) is 23.3 Å². The number of hydrogen-bond donors (Lipinski definition) is 2. The fourth-order valence-corrected chi connectivity index (χ4v) is 3.33. The van der Waals surface area contributed by atoms with Crippen molar-refractivity contribution in [2.75, 3.05) is 0 Å². The smallest absolute Gasteiger partial charge is 0.450 e. The Balaban J connectivity index is 0.000000363. The second-order valence-electron chi connectivity index (χ2n) is 8.23. The van der Waals surface area contributed by atoms with Gasteiger partial charge in [-0.25, -0.2) is 4.79 Å². The molecule has 0 aromatic carbocycles. The molecule has 5 heteroatoms. The zero-order chi connectivity index (χ0) is 19.1. The van der Waals surface area contributed by atoms with Crippen LogP contribution in [0.4, 0.5) is 4.79 Å². The molecule has 0 saturated heterocycles. The Morgan fingerprint density at radius 2 is 1.04 bits per heavy atom. The molecular formula is C19H30O5. The third kappa shape index (κ3) is 10.8. The minimum atomic E-state index is -1.83. The average molecular weight is 338 g/mol.